The van der Waals surface area contributed by atoms with Gasteiger partial charge in [-0.05, 0) is 32.9 Å². The molecule has 8 nitrogen and oxygen atoms in total. The first-order valence-electron chi connectivity index (χ1n) is 8.03. The minimum atomic E-state index is -1.15. The topological polar surface area (TPSA) is 108 Å². The molecule has 2 N–H and O–H groups in total. The van der Waals surface area contributed by atoms with E-state index in [0.717, 1.165) is 0 Å². The van der Waals surface area contributed by atoms with E-state index in [-0.39, 0.29) is 5.71 Å². The molecular weight excluding hydrogens is 336 g/mol. The average Bonchev–Trinajstić information content (AvgIpc) is 2.56. The largest absolute Gasteiger partial charge is 0.348 e. The number of carbonyl (C=O) groups is 4. The standard InChI is InChI=1S/C18H24N4O4/c1-11(20-21-18(26)19-14-9-7-6-8-10-14)15(17(25)22(4)5)16(12(2)23)13(3)24/h6-10,15-16H,1-5H3,(H2,19,21,26)/b20-11+. The molecule has 0 aliphatic heterocycles. The van der Waals surface area contributed by atoms with E-state index in [1.165, 1.54) is 39.8 Å². The number of nitrogens with one attached hydrogen (secondary N) is 2. The highest BCUT2D eigenvalue weighted by Gasteiger charge is 2.38. The Kier molecular flexibility index (Phi) is 7.64. The van der Waals surface area contributed by atoms with E-state index >= 15 is 0 Å². The molecule has 0 aliphatic carbocycles. The molecule has 0 saturated carbocycles. The summed E-state index contributed by atoms with van der Waals surface area (Å²) in [5, 5.41) is 6.49. The zero-order valence-electron chi connectivity index (χ0n) is 15.6. The summed E-state index contributed by atoms with van der Waals surface area (Å²) in [7, 11) is 3.05. The fourth-order valence-corrected chi connectivity index (χ4v) is 2.49. The van der Waals surface area contributed by atoms with Crippen LogP contribution >= 0.6 is 0 Å². The molecule has 0 aliphatic rings. The molecule has 1 rings (SSSR count). The summed E-state index contributed by atoms with van der Waals surface area (Å²) in [4.78, 5) is 49.5. The second kappa shape index (κ2) is 9.45. The Morgan fingerprint density at radius 2 is 1.46 bits per heavy atom. The first-order chi connectivity index (χ1) is 12.1. The molecule has 0 bridgehead atoms. The lowest BCUT2D eigenvalue weighted by molar-refractivity contribution is -0.140. The van der Waals surface area contributed by atoms with Crippen molar-refractivity contribution < 1.29 is 19.2 Å². The number of rotatable bonds is 7. The zero-order valence-corrected chi connectivity index (χ0v) is 15.6. The van der Waals surface area contributed by atoms with Gasteiger partial charge in [-0.1, -0.05) is 18.2 Å². The number of nitrogens with zero attached hydrogens (tertiary/aromatic N) is 2. The molecule has 26 heavy (non-hydrogen) atoms. The number of ketones is 2. The fraction of sp³-hybridized carbons (Fsp3) is 0.389. The number of anilines is 1. The van der Waals surface area contributed by atoms with Gasteiger partial charge in [0.15, 0.2) is 0 Å². The molecule has 1 aromatic rings. The van der Waals surface area contributed by atoms with Gasteiger partial charge < -0.3 is 10.2 Å². The van der Waals surface area contributed by atoms with Crippen LogP contribution < -0.4 is 10.7 Å². The molecule has 140 valence electrons. The van der Waals surface area contributed by atoms with Gasteiger partial charge in [-0.25, -0.2) is 10.2 Å². The van der Waals surface area contributed by atoms with Crippen molar-refractivity contribution in [3.05, 3.63) is 30.3 Å². The quantitative estimate of drug-likeness (QED) is 0.438. The summed E-state index contributed by atoms with van der Waals surface area (Å²) >= 11 is 0. The van der Waals surface area contributed by atoms with Crippen molar-refractivity contribution in [3.8, 4) is 0 Å². The van der Waals surface area contributed by atoms with Crippen LogP contribution in [0.2, 0.25) is 0 Å². The van der Waals surface area contributed by atoms with Crippen LogP contribution in [0.4, 0.5) is 10.5 Å². The van der Waals surface area contributed by atoms with Gasteiger partial charge in [-0.3, -0.25) is 14.4 Å². The van der Waals surface area contributed by atoms with E-state index < -0.39 is 35.3 Å². The third kappa shape index (κ3) is 5.80. The van der Waals surface area contributed by atoms with Crippen LogP contribution in [0.15, 0.2) is 35.4 Å². The highest BCUT2D eigenvalue weighted by molar-refractivity contribution is 6.13. The molecule has 3 amide bonds. The molecule has 1 unspecified atom stereocenters. The van der Waals surface area contributed by atoms with Crippen LogP contribution in [-0.2, 0) is 14.4 Å². The Balaban J connectivity index is 2.99. The number of urea groups is 1. The minimum absolute atomic E-state index is 0.169. The molecule has 0 aromatic heterocycles. The summed E-state index contributed by atoms with van der Waals surface area (Å²) in [5.74, 6) is -3.52. The van der Waals surface area contributed by atoms with Crippen LogP contribution in [0, 0.1) is 11.8 Å². The molecule has 0 heterocycles. The molecule has 1 aromatic carbocycles. The molecule has 0 spiro atoms. The lowest BCUT2D eigenvalue weighted by Crippen LogP contribution is -2.44. The lowest BCUT2D eigenvalue weighted by atomic mass is 9.82. The Bertz CT molecular complexity index is 699. The summed E-state index contributed by atoms with van der Waals surface area (Å²) in [6.45, 7) is 4.00. The van der Waals surface area contributed by atoms with Gasteiger partial charge in [0, 0.05) is 25.5 Å². The van der Waals surface area contributed by atoms with Gasteiger partial charge in [0.05, 0.1) is 11.8 Å². The monoisotopic (exact) mass is 360 g/mol. The predicted molar refractivity (Wildman–Crippen MR) is 98.7 cm³/mol. The zero-order chi connectivity index (χ0) is 19.9. The van der Waals surface area contributed by atoms with E-state index in [0.29, 0.717) is 5.69 Å². The van der Waals surface area contributed by atoms with Crippen LogP contribution in [0.3, 0.4) is 0 Å². The number of hydrogen-bond donors (Lipinski definition) is 2. The second-order valence-corrected chi connectivity index (χ2v) is 6.09. The fourth-order valence-electron chi connectivity index (χ4n) is 2.49. The Hall–Kier alpha value is -3.03. The summed E-state index contributed by atoms with van der Waals surface area (Å²) in [6, 6.07) is 8.15. The van der Waals surface area contributed by atoms with Gasteiger partial charge in [0.1, 0.15) is 11.6 Å². The van der Waals surface area contributed by atoms with E-state index in [1.54, 1.807) is 24.3 Å². The highest BCUT2D eigenvalue weighted by atomic mass is 16.2. The number of hydrogen-bond acceptors (Lipinski definition) is 5. The van der Waals surface area contributed by atoms with Crippen molar-refractivity contribution in [1.82, 2.24) is 10.3 Å². The van der Waals surface area contributed by atoms with E-state index in [1.807, 2.05) is 6.07 Å². The number of hydrazone groups is 1. The summed E-state index contributed by atoms with van der Waals surface area (Å²) in [6.07, 6.45) is 0. The Morgan fingerprint density at radius 3 is 1.92 bits per heavy atom. The van der Waals surface area contributed by atoms with E-state index in [2.05, 4.69) is 15.8 Å². The SMILES string of the molecule is CC(=O)C(C(C)=O)C(C(=O)N(C)C)/C(C)=N/NC(=O)Nc1ccccc1. The van der Waals surface area contributed by atoms with Crippen molar-refractivity contribution in [1.29, 1.82) is 0 Å². The molecule has 0 fully saturated rings. The van der Waals surface area contributed by atoms with Crippen molar-refractivity contribution in [2.75, 3.05) is 19.4 Å². The maximum atomic E-state index is 12.5. The van der Waals surface area contributed by atoms with Crippen molar-refractivity contribution >= 4 is 34.9 Å². The van der Waals surface area contributed by atoms with Gasteiger partial charge in [-0.2, -0.15) is 5.10 Å². The molecule has 1 atom stereocenters. The Labute approximate surface area is 152 Å². The smallest absolute Gasteiger partial charge is 0.339 e. The number of Topliss-reactive ketones (excluding diaryl/α,β-unsaturated/α-hetero) is 2. The van der Waals surface area contributed by atoms with Gasteiger partial charge in [0.25, 0.3) is 0 Å². The van der Waals surface area contributed by atoms with E-state index in [9.17, 15) is 19.2 Å². The number of para-hydroxylation sites is 1. The number of benzene rings is 1. The number of carbonyl (C=O) groups excluding carboxylic acids is 4. The van der Waals surface area contributed by atoms with Crippen LogP contribution in [0.1, 0.15) is 20.8 Å². The molecule has 0 radical (unpaired) electrons. The van der Waals surface area contributed by atoms with Gasteiger partial charge >= 0.3 is 6.03 Å². The van der Waals surface area contributed by atoms with Crippen molar-refractivity contribution in [2.45, 2.75) is 20.8 Å². The maximum Gasteiger partial charge on any atom is 0.339 e. The lowest BCUT2D eigenvalue weighted by Gasteiger charge is -2.25. The van der Waals surface area contributed by atoms with Crippen molar-refractivity contribution in [3.63, 3.8) is 0 Å². The Morgan fingerprint density at radius 1 is 0.923 bits per heavy atom. The minimum Gasteiger partial charge on any atom is -0.348 e. The third-order valence-corrected chi connectivity index (χ3v) is 3.73. The summed E-state index contributed by atoms with van der Waals surface area (Å²) < 4.78 is 0. The van der Waals surface area contributed by atoms with Crippen LogP contribution in [0.5, 0.6) is 0 Å². The third-order valence-electron chi connectivity index (χ3n) is 3.73. The van der Waals surface area contributed by atoms with Crippen molar-refractivity contribution in [2.24, 2.45) is 16.9 Å². The van der Waals surface area contributed by atoms with Gasteiger partial charge in [0.2, 0.25) is 5.91 Å². The van der Waals surface area contributed by atoms with Crippen LogP contribution in [-0.4, -0.2) is 48.2 Å². The molecule has 0 saturated heterocycles. The predicted octanol–water partition coefficient (Wildman–Crippen LogP) is 1.68. The first-order valence-corrected chi connectivity index (χ1v) is 8.03. The van der Waals surface area contributed by atoms with Crippen LogP contribution in [0.25, 0.3) is 0 Å². The molecular formula is C18H24N4O4. The second-order valence-electron chi connectivity index (χ2n) is 6.09. The number of amides is 3. The first kappa shape index (κ1) is 21.0. The normalized spacial score (nSPS) is 12.3. The summed E-state index contributed by atoms with van der Waals surface area (Å²) in [5.41, 5.74) is 3.02. The van der Waals surface area contributed by atoms with Gasteiger partial charge in [-0.15, -0.1) is 0 Å². The maximum absolute atomic E-state index is 12.5. The average molecular weight is 360 g/mol. The molecule has 8 heteroatoms. The highest BCUT2D eigenvalue weighted by Crippen LogP contribution is 2.19. The van der Waals surface area contributed by atoms with E-state index in [4.69, 9.17) is 0 Å².